The Balaban J connectivity index is 1.09. The average Bonchev–Trinajstić information content (AvgIpc) is 3.51. The summed E-state index contributed by atoms with van der Waals surface area (Å²) < 4.78 is 0. The lowest BCUT2D eigenvalue weighted by Crippen LogP contribution is -2.40. The second-order valence-electron chi connectivity index (χ2n) is 8.22. The lowest BCUT2D eigenvalue weighted by molar-refractivity contribution is -0.114. The molecule has 40 heavy (non-hydrogen) atoms. The Labute approximate surface area is 237 Å². The number of aliphatic imine (C=N–C) groups is 2. The maximum atomic E-state index is 12.5. The van der Waals surface area contributed by atoms with Crippen molar-refractivity contribution in [1.82, 2.24) is 21.7 Å². The van der Waals surface area contributed by atoms with Gasteiger partial charge in [-0.3, -0.25) is 40.9 Å². The Morgan fingerprint density at radius 2 is 0.950 bits per heavy atom. The Morgan fingerprint density at radius 1 is 0.575 bits per heavy atom. The molecule has 4 N–H and O–H groups in total. The number of nitrogens with one attached hydrogen (secondary N) is 4. The smallest absolute Gasteiger partial charge is 0.276 e. The van der Waals surface area contributed by atoms with Gasteiger partial charge in [-0.2, -0.15) is 9.98 Å². The van der Waals surface area contributed by atoms with E-state index < -0.39 is 23.6 Å². The Hall–Kier alpha value is -4.94. The van der Waals surface area contributed by atoms with Crippen molar-refractivity contribution in [2.45, 2.75) is 0 Å². The van der Waals surface area contributed by atoms with Crippen LogP contribution >= 0.6 is 23.5 Å². The molecular formula is C28H20N6O4S2. The number of hydrogen-bond donors (Lipinski definition) is 4. The van der Waals surface area contributed by atoms with E-state index in [0.717, 1.165) is 34.7 Å². The van der Waals surface area contributed by atoms with E-state index in [1.54, 1.807) is 12.2 Å². The van der Waals surface area contributed by atoms with Crippen LogP contribution in [0.15, 0.2) is 105 Å². The summed E-state index contributed by atoms with van der Waals surface area (Å²) in [6.07, 6.45) is 3.45. The molecule has 198 valence electrons. The van der Waals surface area contributed by atoms with Gasteiger partial charge in [0.15, 0.2) is 10.3 Å². The van der Waals surface area contributed by atoms with Gasteiger partial charge in [-0.1, -0.05) is 60.7 Å². The number of benzene rings is 3. The third-order valence-electron chi connectivity index (χ3n) is 5.41. The van der Waals surface area contributed by atoms with Gasteiger partial charge < -0.3 is 0 Å². The lowest BCUT2D eigenvalue weighted by Gasteiger charge is -2.09. The highest BCUT2D eigenvalue weighted by Gasteiger charge is 2.23. The van der Waals surface area contributed by atoms with Crippen molar-refractivity contribution in [3.63, 3.8) is 0 Å². The van der Waals surface area contributed by atoms with Crippen molar-refractivity contribution in [3.8, 4) is 0 Å². The van der Waals surface area contributed by atoms with Gasteiger partial charge in [0.1, 0.15) is 0 Å². The SMILES string of the molecule is O=C1N=C(NNC(=O)c2ccc(C(=O)NNC3=NC(=O)/C(=C\c4ccccc4)S3)cc2)S/C1=C/c1ccccc1. The molecular weight excluding hydrogens is 548 g/mol. The van der Waals surface area contributed by atoms with E-state index in [0.29, 0.717) is 9.81 Å². The molecule has 12 heteroatoms. The van der Waals surface area contributed by atoms with Crippen molar-refractivity contribution in [2.24, 2.45) is 9.98 Å². The van der Waals surface area contributed by atoms with E-state index in [2.05, 4.69) is 31.7 Å². The first-order valence-electron chi connectivity index (χ1n) is 11.8. The molecule has 0 radical (unpaired) electrons. The first kappa shape index (κ1) is 26.7. The van der Waals surface area contributed by atoms with Crippen LogP contribution in [0.1, 0.15) is 31.8 Å². The van der Waals surface area contributed by atoms with Crippen LogP contribution in [0.4, 0.5) is 0 Å². The summed E-state index contributed by atoms with van der Waals surface area (Å²) in [5, 5.41) is 0.492. The first-order valence-corrected chi connectivity index (χ1v) is 13.5. The minimum Gasteiger partial charge on any atom is -0.276 e. The van der Waals surface area contributed by atoms with Gasteiger partial charge in [0.25, 0.3) is 23.6 Å². The monoisotopic (exact) mass is 568 g/mol. The molecule has 4 amide bonds. The normalized spacial score (nSPS) is 16.5. The molecule has 0 unspecified atom stereocenters. The molecule has 2 heterocycles. The third-order valence-corrected chi connectivity index (χ3v) is 7.21. The fraction of sp³-hybridized carbons (Fsp3) is 0. The van der Waals surface area contributed by atoms with E-state index in [1.165, 1.54) is 24.3 Å². The van der Waals surface area contributed by atoms with Crippen molar-refractivity contribution >= 4 is 69.6 Å². The zero-order valence-electron chi connectivity index (χ0n) is 20.6. The summed E-state index contributed by atoms with van der Waals surface area (Å²) >= 11 is 2.23. The molecule has 2 aliphatic rings. The van der Waals surface area contributed by atoms with Crippen molar-refractivity contribution in [3.05, 3.63) is 117 Å². The lowest BCUT2D eigenvalue weighted by atomic mass is 10.1. The minimum atomic E-state index is -0.478. The predicted octanol–water partition coefficient (Wildman–Crippen LogP) is 3.50. The molecule has 0 spiro atoms. The van der Waals surface area contributed by atoms with E-state index in [4.69, 9.17) is 0 Å². The summed E-state index contributed by atoms with van der Waals surface area (Å²) in [5.74, 6) is -1.75. The summed E-state index contributed by atoms with van der Waals surface area (Å²) in [7, 11) is 0. The summed E-state index contributed by atoms with van der Waals surface area (Å²) in [6.45, 7) is 0. The van der Waals surface area contributed by atoms with Gasteiger partial charge in [0.05, 0.1) is 9.81 Å². The highest BCUT2D eigenvalue weighted by molar-refractivity contribution is 8.18. The molecule has 10 nitrogen and oxygen atoms in total. The minimum absolute atomic E-state index is 0.246. The molecule has 0 atom stereocenters. The number of thioether (sulfide) groups is 2. The summed E-state index contributed by atoms with van der Waals surface area (Å²) in [4.78, 5) is 58.0. The van der Waals surface area contributed by atoms with E-state index >= 15 is 0 Å². The molecule has 0 bridgehead atoms. The summed E-state index contributed by atoms with van der Waals surface area (Å²) in [5.41, 5.74) is 12.6. The second-order valence-corrected chi connectivity index (χ2v) is 10.3. The van der Waals surface area contributed by atoms with Crippen LogP contribution in [0.2, 0.25) is 0 Å². The van der Waals surface area contributed by atoms with Gasteiger partial charge >= 0.3 is 0 Å². The van der Waals surface area contributed by atoms with Crippen molar-refractivity contribution < 1.29 is 19.2 Å². The average molecular weight is 569 g/mol. The van der Waals surface area contributed by atoms with Crippen LogP contribution in [-0.4, -0.2) is 34.0 Å². The molecule has 0 saturated heterocycles. The van der Waals surface area contributed by atoms with Gasteiger partial charge in [-0.05, 0) is 71.1 Å². The van der Waals surface area contributed by atoms with E-state index in [1.807, 2.05) is 60.7 Å². The van der Waals surface area contributed by atoms with E-state index in [-0.39, 0.29) is 21.5 Å². The molecule has 0 fully saturated rings. The maximum absolute atomic E-state index is 12.5. The van der Waals surface area contributed by atoms with Crippen LogP contribution in [0.3, 0.4) is 0 Å². The van der Waals surface area contributed by atoms with Gasteiger partial charge in [-0.25, -0.2) is 0 Å². The largest absolute Gasteiger partial charge is 0.286 e. The Bertz CT molecular complexity index is 1480. The predicted molar refractivity (Wildman–Crippen MR) is 157 cm³/mol. The standard InChI is InChI=1S/C28H20N6O4S2/c35-23(31-33-27-29-25(37)21(39-27)15-17-7-3-1-4-8-17)19-11-13-20(14-12-19)24(36)32-34-28-30-26(38)22(40-28)16-18-9-5-2-6-10-18/h1-16H,(H,31,35)(H,32,36)(H,29,33,37)(H,30,34,38)/b21-15+,22-16+. The van der Waals surface area contributed by atoms with Crippen LogP contribution < -0.4 is 21.7 Å². The highest BCUT2D eigenvalue weighted by atomic mass is 32.2. The molecule has 5 rings (SSSR count). The molecule has 0 aromatic heterocycles. The van der Waals surface area contributed by atoms with Crippen molar-refractivity contribution in [2.75, 3.05) is 0 Å². The zero-order chi connectivity index (χ0) is 27.9. The number of amidine groups is 2. The molecule has 0 aliphatic carbocycles. The van der Waals surface area contributed by atoms with Gasteiger partial charge in [0, 0.05) is 11.1 Å². The first-order chi connectivity index (χ1) is 19.4. The van der Waals surface area contributed by atoms with Crippen LogP contribution in [0, 0.1) is 0 Å². The van der Waals surface area contributed by atoms with Crippen LogP contribution in [0.25, 0.3) is 12.2 Å². The van der Waals surface area contributed by atoms with E-state index in [9.17, 15) is 19.2 Å². The third kappa shape index (κ3) is 6.73. The Kier molecular flexibility index (Phi) is 8.18. The molecule has 0 saturated carbocycles. The molecule has 3 aromatic rings. The topological polar surface area (TPSA) is 141 Å². The van der Waals surface area contributed by atoms with Crippen molar-refractivity contribution in [1.29, 1.82) is 0 Å². The van der Waals surface area contributed by atoms with Crippen LogP contribution in [0.5, 0.6) is 0 Å². The fourth-order valence-electron chi connectivity index (χ4n) is 3.46. The second kappa shape index (κ2) is 12.3. The number of nitrogens with zero attached hydrogens (tertiary/aromatic N) is 2. The van der Waals surface area contributed by atoms with Gasteiger partial charge in [-0.15, -0.1) is 0 Å². The number of hydrazine groups is 2. The number of rotatable bonds is 4. The van der Waals surface area contributed by atoms with Gasteiger partial charge in [0.2, 0.25) is 0 Å². The van der Waals surface area contributed by atoms with Crippen LogP contribution in [-0.2, 0) is 9.59 Å². The summed E-state index contributed by atoms with van der Waals surface area (Å²) in [6, 6.07) is 24.7. The number of carbonyl (C=O) groups is 4. The maximum Gasteiger partial charge on any atom is 0.286 e. The fourth-order valence-corrected chi connectivity index (χ4v) is 5.00. The zero-order valence-corrected chi connectivity index (χ0v) is 22.2. The number of carbonyl (C=O) groups excluding carboxylic acids is 4. The highest BCUT2D eigenvalue weighted by Crippen LogP contribution is 2.28. The number of amides is 4. The number of hydrogen-bond acceptors (Lipinski definition) is 8. The quantitative estimate of drug-likeness (QED) is 0.277. The molecule has 3 aromatic carbocycles. The Morgan fingerprint density at radius 3 is 1.32 bits per heavy atom. The molecule has 2 aliphatic heterocycles.